The maximum absolute atomic E-state index is 11.8. The van der Waals surface area contributed by atoms with Gasteiger partial charge < -0.3 is 14.7 Å². The summed E-state index contributed by atoms with van der Waals surface area (Å²) in [5, 5.41) is 9.55. The maximum atomic E-state index is 11.8. The van der Waals surface area contributed by atoms with Crippen LogP contribution in [-0.4, -0.2) is 31.3 Å². The molecule has 1 atom stereocenters. The molecule has 1 saturated heterocycles. The molecule has 1 aromatic rings. The minimum Gasteiger partial charge on any atom is -0.497 e. The van der Waals surface area contributed by atoms with Gasteiger partial charge in [0.15, 0.2) is 0 Å². The van der Waals surface area contributed by atoms with E-state index < -0.39 is 0 Å². The molecule has 1 aliphatic rings. The number of anilines is 1. The summed E-state index contributed by atoms with van der Waals surface area (Å²) in [6.07, 6.45) is 0.374. The van der Waals surface area contributed by atoms with Crippen LogP contribution in [0.2, 0.25) is 5.02 Å². The van der Waals surface area contributed by atoms with Crippen LogP contribution in [0.25, 0.3) is 0 Å². The number of ether oxygens (including phenoxy) is 1. The predicted molar refractivity (Wildman–Crippen MR) is 65.5 cm³/mol. The fourth-order valence-corrected chi connectivity index (χ4v) is 2.24. The summed E-state index contributed by atoms with van der Waals surface area (Å²) in [5.41, 5.74) is 0.674. The van der Waals surface area contributed by atoms with E-state index in [9.17, 15) is 4.79 Å². The number of methoxy groups -OCH3 is 1. The van der Waals surface area contributed by atoms with E-state index in [4.69, 9.17) is 21.4 Å². The molecule has 0 bridgehead atoms. The van der Waals surface area contributed by atoms with E-state index in [1.807, 2.05) is 0 Å². The molecule has 17 heavy (non-hydrogen) atoms. The number of rotatable bonds is 3. The Balaban J connectivity index is 2.26. The largest absolute Gasteiger partial charge is 0.497 e. The van der Waals surface area contributed by atoms with Crippen LogP contribution in [0.15, 0.2) is 18.2 Å². The van der Waals surface area contributed by atoms with Crippen molar-refractivity contribution in [2.75, 3.05) is 25.2 Å². The molecule has 1 aliphatic heterocycles. The summed E-state index contributed by atoms with van der Waals surface area (Å²) < 4.78 is 5.05. The first-order chi connectivity index (χ1) is 8.15. The molecule has 1 unspecified atom stereocenters. The Hall–Kier alpha value is -1.26. The third-order valence-corrected chi connectivity index (χ3v) is 3.21. The number of aliphatic hydroxyl groups excluding tert-OH is 1. The average Bonchev–Trinajstić information content (AvgIpc) is 2.70. The van der Waals surface area contributed by atoms with E-state index in [0.29, 0.717) is 29.4 Å². The Kier molecular flexibility index (Phi) is 3.54. The van der Waals surface area contributed by atoms with Crippen LogP contribution < -0.4 is 9.64 Å². The van der Waals surface area contributed by atoms with Crippen molar-refractivity contribution < 1.29 is 14.6 Å². The van der Waals surface area contributed by atoms with Crippen molar-refractivity contribution in [3.63, 3.8) is 0 Å². The highest BCUT2D eigenvalue weighted by Gasteiger charge is 2.31. The lowest BCUT2D eigenvalue weighted by Crippen LogP contribution is -2.25. The zero-order valence-electron chi connectivity index (χ0n) is 9.52. The summed E-state index contributed by atoms with van der Waals surface area (Å²) >= 11 is 6.11. The molecule has 0 radical (unpaired) electrons. The molecule has 1 aromatic carbocycles. The quantitative estimate of drug-likeness (QED) is 0.894. The molecule has 0 aromatic heterocycles. The van der Waals surface area contributed by atoms with Crippen molar-refractivity contribution >= 4 is 23.2 Å². The first-order valence-corrected chi connectivity index (χ1v) is 5.78. The second kappa shape index (κ2) is 4.94. The van der Waals surface area contributed by atoms with Crippen molar-refractivity contribution in [2.45, 2.75) is 6.42 Å². The molecule has 1 heterocycles. The summed E-state index contributed by atoms with van der Waals surface area (Å²) in [6, 6.07) is 5.20. The minimum atomic E-state index is -0.00360. The lowest BCUT2D eigenvalue weighted by Gasteiger charge is -2.18. The van der Waals surface area contributed by atoms with Gasteiger partial charge in [0, 0.05) is 31.6 Å². The second-order valence-electron chi connectivity index (χ2n) is 4.07. The number of carbonyl (C=O) groups is 1. The second-order valence-corrected chi connectivity index (χ2v) is 4.48. The molecule has 0 aliphatic carbocycles. The standard InChI is InChI=1S/C12H14ClNO3/c1-17-9-2-3-11(10(13)5-9)14-6-8(7-15)4-12(14)16/h2-3,5,8,15H,4,6-7H2,1H3. The highest BCUT2D eigenvalue weighted by molar-refractivity contribution is 6.34. The fraction of sp³-hybridized carbons (Fsp3) is 0.417. The Labute approximate surface area is 105 Å². The van der Waals surface area contributed by atoms with Gasteiger partial charge in [0.05, 0.1) is 17.8 Å². The Morgan fingerprint density at radius 1 is 1.59 bits per heavy atom. The number of amides is 1. The number of hydrogen-bond donors (Lipinski definition) is 1. The van der Waals surface area contributed by atoms with Gasteiger partial charge in [-0.25, -0.2) is 0 Å². The molecular formula is C12H14ClNO3. The van der Waals surface area contributed by atoms with E-state index in [2.05, 4.69) is 0 Å². The van der Waals surface area contributed by atoms with Crippen LogP contribution in [0.4, 0.5) is 5.69 Å². The van der Waals surface area contributed by atoms with Crippen molar-refractivity contribution in [2.24, 2.45) is 5.92 Å². The molecule has 5 heteroatoms. The predicted octanol–water partition coefficient (Wildman–Crippen LogP) is 1.69. The van der Waals surface area contributed by atoms with Gasteiger partial charge in [-0.15, -0.1) is 0 Å². The summed E-state index contributed by atoms with van der Waals surface area (Å²) in [7, 11) is 1.56. The molecule has 0 saturated carbocycles. The van der Waals surface area contributed by atoms with Gasteiger partial charge in [-0.05, 0) is 12.1 Å². The molecule has 4 nitrogen and oxygen atoms in total. The van der Waals surface area contributed by atoms with Crippen LogP contribution in [0.5, 0.6) is 5.75 Å². The van der Waals surface area contributed by atoms with Gasteiger partial charge in [0.25, 0.3) is 0 Å². The fourth-order valence-electron chi connectivity index (χ4n) is 1.97. The van der Waals surface area contributed by atoms with Crippen molar-refractivity contribution in [3.8, 4) is 5.75 Å². The number of hydrogen-bond acceptors (Lipinski definition) is 3. The number of nitrogens with zero attached hydrogens (tertiary/aromatic N) is 1. The maximum Gasteiger partial charge on any atom is 0.227 e. The molecule has 1 amide bonds. The summed E-state index contributed by atoms with van der Waals surface area (Å²) in [4.78, 5) is 13.4. The van der Waals surface area contributed by atoms with Crippen LogP contribution in [0.3, 0.4) is 0 Å². The van der Waals surface area contributed by atoms with Gasteiger partial charge in [0.1, 0.15) is 5.75 Å². The van der Waals surface area contributed by atoms with Gasteiger partial charge in [-0.2, -0.15) is 0 Å². The van der Waals surface area contributed by atoms with Gasteiger partial charge in [0.2, 0.25) is 5.91 Å². The van der Waals surface area contributed by atoms with Gasteiger partial charge in [-0.1, -0.05) is 11.6 Å². The molecule has 2 rings (SSSR count). The molecule has 92 valence electrons. The number of carbonyl (C=O) groups excluding carboxylic acids is 1. The van der Waals surface area contributed by atoms with E-state index in [1.165, 1.54) is 0 Å². The van der Waals surface area contributed by atoms with Crippen LogP contribution in [0.1, 0.15) is 6.42 Å². The number of halogens is 1. The van der Waals surface area contributed by atoms with E-state index in [1.54, 1.807) is 30.2 Å². The Morgan fingerprint density at radius 3 is 2.88 bits per heavy atom. The number of benzene rings is 1. The lowest BCUT2D eigenvalue weighted by molar-refractivity contribution is -0.117. The zero-order valence-corrected chi connectivity index (χ0v) is 10.3. The highest BCUT2D eigenvalue weighted by Crippen LogP contribution is 2.33. The average molecular weight is 256 g/mol. The number of aliphatic hydroxyl groups is 1. The third kappa shape index (κ3) is 2.37. The third-order valence-electron chi connectivity index (χ3n) is 2.91. The smallest absolute Gasteiger partial charge is 0.227 e. The van der Waals surface area contributed by atoms with Crippen LogP contribution in [0, 0.1) is 5.92 Å². The van der Waals surface area contributed by atoms with Crippen molar-refractivity contribution in [1.82, 2.24) is 0 Å². The van der Waals surface area contributed by atoms with Crippen LogP contribution in [-0.2, 0) is 4.79 Å². The van der Waals surface area contributed by atoms with Crippen molar-refractivity contribution in [1.29, 1.82) is 0 Å². The van der Waals surface area contributed by atoms with E-state index in [-0.39, 0.29) is 18.4 Å². The van der Waals surface area contributed by atoms with Gasteiger partial charge in [-0.3, -0.25) is 4.79 Å². The molecule has 1 N–H and O–H groups in total. The Bertz CT molecular complexity index is 436. The van der Waals surface area contributed by atoms with Gasteiger partial charge >= 0.3 is 0 Å². The van der Waals surface area contributed by atoms with E-state index >= 15 is 0 Å². The lowest BCUT2D eigenvalue weighted by atomic mass is 10.1. The van der Waals surface area contributed by atoms with E-state index in [0.717, 1.165) is 0 Å². The minimum absolute atomic E-state index is 0.000619. The summed E-state index contributed by atoms with van der Waals surface area (Å²) in [5.74, 6) is 0.654. The monoisotopic (exact) mass is 255 g/mol. The molecule has 0 spiro atoms. The van der Waals surface area contributed by atoms with Crippen molar-refractivity contribution in [3.05, 3.63) is 23.2 Å². The molecule has 1 fully saturated rings. The highest BCUT2D eigenvalue weighted by atomic mass is 35.5. The van der Waals surface area contributed by atoms with Crippen LogP contribution >= 0.6 is 11.6 Å². The zero-order chi connectivity index (χ0) is 12.4. The Morgan fingerprint density at radius 2 is 2.35 bits per heavy atom. The first-order valence-electron chi connectivity index (χ1n) is 5.40. The SMILES string of the molecule is COc1ccc(N2CC(CO)CC2=O)c(Cl)c1. The first kappa shape index (κ1) is 12.2. The normalized spacial score (nSPS) is 19.8. The topological polar surface area (TPSA) is 49.8 Å². The summed E-state index contributed by atoms with van der Waals surface area (Å²) in [6.45, 7) is 0.539. The molecular weight excluding hydrogens is 242 g/mol.